The Balaban J connectivity index is 1.03. The maximum Gasteiger partial charge on any atom is 0.320 e. The van der Waals surface area contributed by atoms with Gasteiger partial charge in [-0.2, -0.15) is 5.10 Å². The van der Waals surface area contributed by atoms with Crippen LogP contribution in [0.15, 0.2) is 101 Å². The quantitative estimate of drug-likeness (QED) is 0.109. The maximum absolute atomic E-state index is 13.6. The van der Waals surface area contributed by atoms with Crippen molar-refractivity contribution in [1.29, 1.82) is 0 Å². The topological polar surface area (TPSA) is 120 Å². The molecule has 2 amide bonds. The number of aromatic nitrogens is 5. The van der Waals surface area contributed by atoms with Crippen LogP contribution in [0.2, 0.25) is 23.2 Å². The van der Waals surface area contributed by atoms with E-state index in [0.29, 0.717) is 35.4 Å². The molecule has 6 aromatic rings. The number of benzene rings is 3. The molecule has 0 aliphatic carbocycles. The van der Waals surface area contributed by atoms with Crippen LogP contribution in [0.3, 0.4) is 0 Å². The Morgan fingerprint density at radius 3 is 2.47 bits per heavy atom. The van der Waals surface area contributed by atoms with Gasteiger partial charge >= 0.3 is 6.03 Å². The number of hydrogen-bond acceptors (Lipinski definition) is 9. The van der Waals surface area contributed by atoms with Gasteiger partial charge in [-0.15, -0.1) is 10.2 Å². The molecule has 316 valence electrons. The first kappa shape index (κ1) is 43.2. The molecule has 1 fully saturated rings. The summed E-state index contributed by atoms with van der Waals surface area (Å²) in [6, 6.07) is 27.2. The first-order valence-corrected chi connectivity index (χ1v) is 24.4. The highest BCUT2D eigenvalue weighted by Crippen LogP contribution is 2.40. The highest BCUT2D eigenvalue weighted by molar-refractivity contribution is 7.99. The molecule has 3 aromatic heterocycles. The standard InChI is InChI=1S/C45H55ClN8O4SSi/c1-44(2,3)39-28-41(54(51-39)33-16-18-37(36(46)27-33)58-60(7,8)45(4,5)6)48-43(55)47-29-32-12-9-10-15-38(32)59-35-17-19-40-49-50-42(53(40)30-35)31-13-11-14-34(26-31)57-25-22-52-20-23-56-24-21-52/h9-19,26-28,30H,20-25,29H2,1-8H3,(H2,47,48,55). The van der Waals surface area contributed by atoms with Gasteiger partial charge in [-0.1, -0.05) is 95.2 Å². The summed E-state index contributed by atoms with van der Waals surface area (Å²) in [7, 11) is -2.11. The third-order valence-electron chi connectivity index (χ3n) is 10.9. The Hall–Kier alpha value is -4.86. The van der Waals surface area contributed by atoms with Gasteiger partial charge in [0, 0.05) is 59.2 Å². The fourth-order valence-electron chi connectivity index (χ4n) is 6.35. The second kappa shape index (κ2) is 18.0. The van der Waals surface area contributed by atoms with Crippen molar-refractivity contribution >= 4 is 49.2 Å². The van der Waals surface area contributed by atoms with Crippen molar-refractivity contribution in [3.05, 3.63) is 107 Å². The first-order valence-electron chi connectivity index (χ1n) is 20.3. The van der Waals surface area contributed by atoms with E-state index in [1.807, 2.05) is 89.5 Å². The SMILES string of the molecule is CC(C)(C)c1cc(NC(=O)NCc2ccccc2Sc2ccc3nnc(-c4cccc(OCCN5CCOCC5)c4)n3c2)n(-c2ccc(O[Si](C)(C)C(C)(C)C)c(Cl)c2)n1. The van der Waals surface area contributed by atoms with Crippen LogP contribution in [0.5, 0.6) is 11.5 Å². The second-order valence-electron chi connectivity index (χ2n) is 17.5. The van der Waals surface area contributed by atoms with Gasteiger partial charge in [0.05, 0.1) is 29.6 Å². The number of fused-ring (bicyclic) bond motifs is 1. The van der Waals surface area contributed by atoms with Crippen molar-refractivity contribution < 1.29 is 18.7 Å². The fraction of sp³-hybridized carbons (Fsp3) is 0.378. The van der Waals surface area contributed by atoms with Crippen molar-refractivity contribution in [2.24, 2.45) is 0 Å². The fourth-order valence-corrected chi connectivity index (χ4v) is 8.63. The summed E-state index contributed by atoms with van der Waals surface area (Å²) < 4.78 is 21.8. The van der Waals surface area contributed by atoms with Gasteiger partial charge in [-0.3, -0.25) is 14.6 Å². The molecule has 1 aliphatic heterocycles. The second-order valence-corrected chi connectivity index (χ2v) is 23.8. The van der Waals surface area contributed by atoms with Gasteiger partial charge in [0.1, 0.15) is 23.9 Å². The molecule has 1 saturated heterocycles. The highest BCUT2D eigenvalue weighted by atomic mass is 35.5. The highest BCUT2D eigenvalue weighted by Gasteiger charge is 2.39. The number of ether oxygens (including phenoxy) is 2. The van der Waals surface area contributed by atoms with E-state index < -0.39 is 8.32 Å². The van der Waals surface area contributed by atoms with Crippen molar-refractivity contribution in [1.82, 2.24) is 34.6 Å². The third-order valence-corrected chi connectivity index (χ3v) is 16.7. The summed E-state index contributed by atoms with van der Waals surface area (Å²) in [6.45, 7) is 22.4. The molecule has 1 aliphatic rings. The van der Waals surface area contributed by atoms with Crippen LogP contribution in [-0.2, 0) is 16.7 Å². The summed E-state index contributed by atoms with van der Waals surface area (Å²) in [5.41, 5.74) is 3.90. The van der Waals surface area contributed by atoms with Crippen LogP contribution in [0.1, 0.15) is 52.8 Å². The number of rotatable bonds is 13. The zero-order valence-corrected chi connectivity index (χ0v) is 38.3. The molecule has 4 heterocycles. The smallest absolute Gasteiger partial charge is 0.320 e. The molecule has 0 radical (unpaired) electrons. The molecule has 3 aromatic carbocycles. The van der Waals surface area contributed by atoms with Crippen LogP contribution in [-0.4, -0.2) is 83.1 Å². The van der Waals surface area contributed by atoms with E-state index in [1.165, 1.54) is 0 Å². The number of hydrogen-bond donors (Lipinski definition) is 2. The largest absolute Gasteiger partial charge is 0.543 e. The molecule has 0 spiro atoms. The lowest BCUT2D eigenvalue weighted by molar-refractivity contribution is 0.0322. The number of halogens is 1. The summed E-state index contributed by atoms with van der Waals surface area (Å²) in [5, 5.41) is 20.5. The molecule has 7 rings (SSSR count). The Morgan fingerprint density at radius 1 is 0.933 bits per heavy atom. The normalized spacial score (nSPS) is 14.0. The first-order chi connectivity index (χ1) is 28.5. The van der Waals surface area contributed by atoms with Gasteiger partial charge < -0.3 is 19.2 Å². The number of morpholine rings is 1. The van der Waals surface area contributed by atoms with Crippen LogP contribution >= 0.6 is 23.4 Å². The summed E-state index contributed by atoms with van der Waals surface area (Å²) in [5.74, 6) is 2.69. The lowest BCUT2D eigenvalue weighted by Gasteiger charge is -2.36. The average molecular weight is 868 g/mol. The Labute approximate surface area is 363 Å². The number of carbonyl (C=O) groups is 1. The lowest BCUT2D eigenvalue weighted by Crippen LogP contribution is -2.43. The molecule has 0 unspecified atom stereocenters. The van der Waals surface area contributed by atoms with Gasteiger partial charge in [-0.05, 0) is 72.2 Å². The van der Waals surface area contributed by atoms with Crippen molar-refractivity contribution in [2.75, 3.05) is 44.8 Å². The lowest BCUT2D eigenvalue weighted by atomic mass is 9.92. The zero-order valence-electron chi connectivity index (χ0n) is 35.7. The Bertz CT molecular complexity index is 2450. The number of nitrogens with one attached hydrogen (secondary N) is 2. The van der Waals surface area contributed by atoms with Gasteiger partial charge in [0.25, 0.3) is 8.32 Å². The van der Waals surface area contributed by atoms with E-state index in [1.54, 1.807) is 16.4 Å². The van der Waals surface area contributed by atoms with Crippen LogP contribution in [0.25, 0.3) is 22.7 Å². The van der Waals surface area contributed by atoms with E-state index in [2.05, 4.69) is 86.4 Å². The molecule has 60 heavy (non-hydrogen) atoms. The van der Waals surface area contributed by atoms with Crippen molar-refractivity contribution in [3.8, 4) is 28.6 Å². The number of anilines is 1. The van der Waals surface area contributed by atoms with E-state index in [-0.39, 0.29) is 16.5 Å². The predicted molar refractivity (Wildman–Crippen MR) is 243 cm³/mol. The Kier molecular flexibility index (Phi) is 13.0. The van der Waals surface area contributed by atoms with E-state index in [9.17, 15) is 4.79 Å². The monoisotopic (exact) mass is 866 g/mol. The summed E-state index contributed by atoms with van der Waals surface area (Å²) in [4.78, 5) is 17.9. The zero-order chi connectivity index (χ0) is 42.7. The average Bonchev–Trinajstić information content (AvgIpc) is 3.83. The molecule has 0 bridgehead atoms. The minimum absolute atomic E-state index is 0.0203. The number of carbonyl (C=O) groups excluding carboxylic acids is 1. The van der Waals surface area contributed by atoms with Gasteiger partial charge in [-0.25, -0.2) is 9.48 Å². The molecular weight excluding hydrogens is 812 g/mol. The predicted octanol–water partition coefficient (Wildman–Crippen LogP) is 10.1. The van der Waals surface area contributed by atoms with E-state index in [0.717, 1.165) is 76.7 Å². The number of nitrogens with zero attached hydrogens (tertiary/aromatic N) is 6. The van der Waals surface area contributed by atoms with Crippen LogP contribution < -0.4 is 19.8 Å². The number of amides is 2. The third kappa shape index (κ3) is 10.3. The molecule has 12 nitrogen and oxygen atoms in total. The van der Waals surface area contributed by atoms with Crippen molar-refractivity contribution in [3.63, 3.8) is 0 Å². The van der Waals surface area contributed by atoms with Gasteiger partial charge in [0.15, 0.2) is 11.5 Å². The van der Waals surface area contributed by atoms with Crippen molar-refractivity contribution in [2.45, 2.75) is 81.4 Å². The summed E-state index contributed by atoms with van der Waals surface area (Å²) in [6.07, 6.45) is 2.05. The van der Waals surface area contributed by atoms with E-state index >= 15 is 0 Å². The maximum atomic E-state index is 13.6. The van der Waals surface area contributed by atoms with E-state index in [4.69, 9.17) is 30.6 Å². The molecule has 0 atom stereocenters. The van der Waals surface area contributed by atoms with Crippen LogP contribution in [0.4, 0.5) is 10.6 Å². The van der Waals surface area contributed by atoms with Gasteiger partial charge in [0.2, 0.25) is 0 Å². The minimum atomic E-state index is -2.11. The number of pyridine rings is 1. The molecule has 0 saturated carbocycles. The summed E-state index contributed by atoms with van der Waals surface area (Å²) >= 11 is 8.43. The number of urea groups is 1. The molecular formula is C45H55ClN8O4SSi. The van der Waals surface area contributed by atoms with Crippen LogP contribution in [0, 0.1) is 0 Å². The molecule has 15 heteroatoms. The minimum Gasteiger partial charge on any atom is -0.543 e. The Morgan fingerprint density at radius 2 is 1.72 bits per heavy atom. The molecule has 2 N–H and O–H groups in total.